The van der Waals surface area contributed by atoms with Crippen LogP contribution in [0.25, 0.3) is 0 Å². The smallest absolute Gasteiger partial charge is 0.342 e. The second-order valence-electron chi connectivity index (χ2n) is 3.36. The highest BCUT2D eigenvalue weighted by atomic mass is 16.5. The van der Waals surface area contributed by atoms with E-state index in [1.165, 1.54) is 13.2 Å². The van der Waals surface area contributed by atoms with E-state index in [1.54, 1.807) is 0 Å². The van der Waals surface area contributed by atoms with Crippen LogP contribution in [0.4, 0.5) is 0 Å². The van der Waals surface area contributed by atoms with Crippen molar-refractivity contribution in [3.8, 4) is 0 Å². The van der Waals surface area contributed by atoms with E-state index in [4.69, 9.17) is 0 Å². The number of hydrogen-bond acceptors (Lipinski definition) is 3. The molecule has 0 saturated carbocycles. The molecule has 1 aliphatic rings. The minimum Gasteiger partial charge on any atom is -0.467 e. The highest BCUT2D eigenvalue weighted by Gasteiger charge is 2.44. The molecule has 1 N–H and O–H groups in total. The van der Waals surface area contributed by atoms with Gasteiger partial charge >= 0.3 is 5.97 Å². The van der Waals surface area contributed by atoms with E-state index in [0.29, 0.717) is 12.0 Å². The monoisotopic (exact) mass is 182 g/mol. The second kappa shape index (κ2) is 3.34. The second-order valence-corrected chi connectivity index (χ2v) is 3.36. The van der Waals surface area contributed by atoms with Crippen molar-refractivity contribution in [3.63, 3.8) is 0 Å². The van der Waals surface area contributed by atoms with E-state index >= 15 is 0 Å². The van der Waals surface area contributed by atoms with Crippen molar-refractivity contribution in [1.29, 1.82) is 0 Å². The van der Waals surface area contributed by atoms with Gasteiger partial charge in [0.2, 0.25) is 0 Å². The lowest BCUT2D eigenvalue weighted by Gasteiger charge is -2.21. The van der Waals surface area contributed by atoms with E-state index in [9.17, 15) is 9.90 Å². The molecule has 3 nitrogen and oxygen atoms in total. The maximum atomic E-state index is 11.3. The number of esters is 1. The predicted molar refractivity (Wildman–Crippen MR) is 49.0 cm³/mol. The summed E-state index contributed by atoms with van der Waals surface area (Å²) in [5.74, 6) is -0.430. The molecule has 72 valence electrons. The third kappa shape index (κ3) is 1.52. The molecule has 1 aliphatic carbocycles. The molecule has 3 heteroatoms. The summed E-state index contributed by atoms with van der Waals surface area (Å²) >= 11 is 0. The van der Waals surface area contributed by atoms with Gasteiger partial charge in [-0.25, -0.2) is 4.79 Å². The largest absolute Gasteiger partial charge is 0.467 e. The van der Waals surface area contributed by atoms with Gasteiger partial charge in [-0.05, 0) is 17.9 Å². The van der Waals surface area contributed by atoms with Gasteiger partial charge < -0.3 is 9.84 Å². The molecule has 0 aromatic rings. The maximum absolute atomic E-state index is 11.3. The molecular weight excluding hydrogens is 168 g/mol. The summed E-state index contributed by atoms with van der Waals surface area (Å²) in [6, 6.07) is 0. The topological polar surface area (TPSA) is 46.5 Å². The summed E-state index contributed by atoms with van der Waals surface area (Å²) < 4.78 is 4.54. The van der Waals surface area contributed by atoms with Crippen molar-refractivity contribution in [2.45, 2.75) is 18.9 Å². The number of carbonyl (C=O) groups is 1. The third-order valence-corrected chi connectivity index (χ3v) is 2.30. The third-order valence-electron chi connectivity index (χ3n) is 2.30. The number of rotatable bonds is 2. The number of hydrogen-bond donors (Lipinski definition) is 1. The van der Waals surface area contributed by atoms with Crippen molar-refractivity contribution >= 4 is 5.97 Å². The lowest BCUT2D eigenvalue weighted by molar-refractivity contribution is -0.158. The lowest BCUT2D eigenvalue weighted by Crippen LogP contribution is -2.39. The van der Waals surface area contributed by atoms with Gasteiger partial charge in [-0.3, -0.25) is 0 Å². The minimum atomic E-state index is -1.48. The highest BCUT2D eigenvalue weighted by molar-refractivity contribution is 5.85. The first kappa shape index (κ1) is 9.99. The van der Waals surface area contributed by atoms with Gasteiger partial charge in [-0.15, -0.1) is 0 Å². The zero-order valence-electron chi connectivity index (χ0n) is 7.91. The average Bonchev–Trinajstić information content (AvgIpc) is 2.40. The molecule has 0 heterocycles. The Labute approximate surface area is 77.7 Å². The maximum Gasteiger partial charge on any atom is 0.342 e. The van der Waals surface area contributed by atoms with Crippen LogP contribution in [0.3, 0.4) is 0 Å². The normalized spacial score (nSPS) is 32.5. The average molecular weight is 182 g/mol. The summed E-state index contributed by atoms with van der Waals surface area (Å²) in [6.45, 7) is 5.49. The van der Waals surface area contributed by atoms with Gasteiger partial charge in [-0.1, -0.05) is 25.7 Å². The highest BCUT2D eigenvalue weighted by Crippen LogP contribution is 2.35. The molecule has 1 rings (SSSR count). The Bertz CT molecular complexity index is 267. The van der Waals surface area contributed by atoms with Gasteiger partial charge in [0.05, 0.1) is 7.11 Å². The van der Waals surface area contributed by atoms with Crippen LogP contribution < -0.4 is 0 Å². The van der Waals surface area contributed by atoms with Crippen LogP contribution in [0.1, 0.15) is 13.3 Å². The van der Waals surface area contributed by atoms with Crippen molar-refractivity contribution in [2.75, 3.05) is 7.11 Å². The number of carbonyl (C=O) groups excluding carboxylic acids is 1. The van der Waals surface area contributed by atoms with Crippen LogP contribution in [-0.2, 0) is 9.53 Å². The molecule has 13 heavy (non-hydrogen) atoms. The van der Waals surface area contributed by atoms with Crippen LogP contribution in [0.5, 0.6) is 0 Å². The minimum absolute atomic E-state index is 0.178. The molecule has 0 spiro atoms. The molecule has 0 unspecified atom stereocenters. The van der Waals surface area contributed by atoms with E-state index in [-0.39, 0.29) is 5.92 Å². The van der Waals surface area contributed by atoms with E-state index < -0.39 is 11.6 Å². The number of aliphatic hydroxyl groups is 1. The molecule has 0 radical (unpaired) electrons. The van der Waals surface area contributed by atoms with Crippen molar-refractivity contribution in [2.24, 2.45) is 5.92 Å². The van der Waals surface area contributed by atoms with Crippen LogP contribution in [0, 0.1) is 5.92 Å². The summed E-state index contributed by atoms with van der Waals surface area (Å²) in [5, 5.41) is 9.98. The number of allylic oxidation sites excluding steroid dienone is 1. The molecule has 0 amide bonds. The molecule has 2 atom stereocenters. The Morgan fingerprint density at radius 3 is 3.00 bits per heavy atom. The van der Waals surface area contributed by atoms with Crippen molar-refractivity contribution in [1.82, 2.24) is 0 Å². The number of methoxy groups -OCH3 is 1. The Hall–Kier alpha value is -1.09. The van der Waals surface area contributed by atoms with Crippen LogP contribution in [0.15, 0.2) is 24.3 Å². The van der Waals surface area contributed by atoms with Crippen LogP contribution >= 0.6 is 0 Å². The van der Waals surface area contributed by atoms with E-state index in [0.717, 1.165) is 0 Å². The van der Waals surface area contributed by atoms with Crippen molar-refractivity contribution < 1.29 is 14.6 Å². The Balaban J connectivity index is 2.98. The molecule has 0 aliphatic heterocycles. The predicted octanol–water partition coefficient (Wildman–Crippen LogP) is 1.04. The van der Waals surface area contributed by atoms with E-state index in [1.807, 2.05) is 13.0 Å². The summed E-state index contributed by atoms with van der Waals surface area (Å²) in [6.07, 6.45) is 3.71. The Morgan fingerprint density at radius 1 is 1.92 bits per heavy atom. The number of ether oxygens (including phenoxy) is 1. The molecule has 0 fully saturated rings. The summed E-state index contributed by atoms with van der Waals surface area (Å²) in [4.78, 5) is 11.3. The quantitative estimate of drug-likeness (QED) is 0.649. The molecular formula is C10H14O3. The molecule has 0 aromatic carbocycles. The van der Waals surface area contributed by atoms with Gasteiger partial charge in [0.25, 0.3) is 0 Å². The van der Waals surface area contributed by atoms with Crippen LogP contribution in [0.2, 0.25) is 0 Å². The molecule has 0 saturated heterocycles. The first-order valence-corrected chi connectivity index (χ1v) is 4.20. The van der Waals surface area contributed by atoms with Gasteiger partial charge in [0.15, 0.2) is 5.60 Å². The van der Waals surface area contributed by atoms with Gasteiger partial charge in [0, 0.05) is 0 Å². The molecule has 0 aromatic heterocycles. The fraction of sp³-hybridized carbons (Fsp3) is 0.500. The lowest BCUT2D eigenvalue weighted by atomic mass is 9.94. The fourth-order valence-electron chi connectivity index (χ4n) is 1.69. The van der Waals surface area contributed by atoms with E-state index in [2.05, 4.69) is 11.3 Å². The first-order valence-electron chi connectivity index (χ1n) is 4.20. The molecule has 0 bridgehead atoms. The summed E-state index contributed by atoms with van der Waals surface area (Å²) in [5.41, 5.74) is -0.928. The first-order chi connectivity index (χ1) is 6.04. The zero-order valence-corrected chi connectivity index (χ0v) is 7.91. The summed E-state index contributed by atoms with van der Waals surface area (Å²) in [7, 11) is 1.27. The van der Waals surface area contributed by atoms with Gasteiger partial charge in [-0.2, -0.15) is 0 Å². The Kier molecular flexibility index (Phi) is 2.57. The Morgan fingerprint density at radius 2 is 2.54 bits per heavy atom. The zero-order chi connectivity index (χ0) is 10.1. The fourth-order valence-corrected chi connectivity index (χ4v) is 1.69. The van der Waals surface area contributed by atoms with Gasteiger partial charge in [0.1, 0.15) is 0 Å². The standard InChI is InChI=1S/C10H14O3/c1-4-8-5-7(2)6-10(8,12)9(11)13-3/h4-5,7,12H,1,6H2,2-3H3/t7-,10+/m0/s1. The van der Waals surface area contributed by atoms with Crippen LogP contribution in [-0.4, -0.2) is 23.8 Å². The van der Waals surface area contributed by atoms with Crippen molar-refractivity contribution in [3.05, 3.63) is 24.3 Å². The SMILES string of the molecule is C=CC1=C[C@H](C)C[C@]1(O)C(=O)OC.